The first kappa shape index (κ1) is 36.2. The topological polar surface area (TPSA) is 206 Å². The fraction of sp³-hybridized carbons (Fsp3) is 0.571. The van der Waals surface area contributed by atoms with Gasteiger partial charge < -0.3 is 25.6 Å². The van der Waals surface area contributed by atoms with E-state index in [0.717, 1.165) is 12.8 Å². The molecule has 1 saturated heterocycles. The molecule has 15 nitrogen and oxygen atoms in total. The van der Waals surface area contributed by atoms with Gasteiger partial charge in [0.25, 0.3) is 11.8 Å². The highest BCUT2D eigenvalue weighted by atomic mass is 32.2. The molecule has 0 bridgehead atoms. The number of ether oxygens (including phenoxy) is 1. The molecule has 4 aliphatic rings. The summed E-state index contributed by atoms with van der Waals surface area (Å²) in [5, 5.41) is 7.74. The average Bonchev–Trinajstić information content (AvgIpc) is 3.99. The van der Waals surface area contributed by atoms with E-state index >= 15 is 0 Å². The molecular weight excluding hydrogens is 678 g/mol. The number of aromatic nitrogens is 2. The van der Waals surface area contributed by atoms with Crippen molar-refractivity contribution in [1.29, 1.82) is 0 Å². The molecule has 1 aromatic carbocycles. The molecule has 0 radical (unpaired) electrons. The van der Waals surface area contributed by atoms with Gasteiger partial charge in [-0.2, -0.15) is 0 Å². The van der Waals surface area contributed by atoms with Gasteiger partial charge in [0.15, 0.2) is 0 Å². The van der Waals surface area contributed by atoms with E-state index in [0.29, 0.717) is 36.7 Å². The molecule has 51 heavy (non-hydrogen) atoms. The van der Waals surface area contributed by atoms with Crippen molar-refractivity contribution in [2.24, 2.45) is 5.92 Å². The molecule has 6 rings (SSSR count). The van der Waals surface area contributed by atoms with E-state index in [1.54, 1.807) is 39.0 Å². The highest BCUT2D eigenvalue weighted by Gasteiger charge is 2.62. The Bertz CT molecular complexity index is 1860. The number of sulfonamides is 1. The summed E-state index contributed by atoms with van der Waals surface area (Å²) in [6.07, 6.45) is 8.49. The Kier molecular flexibility index (Phi) is 10.1. The van der Waals surface area contributed by atoms with Crippen molar-refractivity contribution in [3.63, 3.8) is 0 Å². The average molecular weight is 724 g/mol. The minimum absolute atomic E-state index is 0.0118. The molecule has 16 heteroatoms. The van der Waals surface area contributed by atoms with Crippen LogP contribution in [0.25, 0.3) is 11.0 Å². The largest absolute Gasteiger partial charge is 0.444 e. The van der Waals surface area contributed by atoms with Crippen LogP contribution in [0, 0.1) is 5.92 Å². The van der Waals surface area contributed by atoms with Crippen molar-refractivity contribution in [1.82, 2.24) is 35.5 Å². The number of carbonyl (C=O) groups excluding carboxylic acids is 5. The lowest BCUT2D eigenvalue weighted by molar-refractivity contribution is -0.141. The van der Waals surface area contributed by atoms with Crippen LogP contribution in [0.2, 0.25) is 0 Å². The second-order valence-electron chi connectivity index (χ2n) is 14.9. The van der Waals surface area contributed by atoms with Crippen LogP contribution in [0.5, 0.6) is 0 Å². The predicted molar refractivity (Wildman–Crippen MR) is 185 cm³/mol. The fourth-order valence-corrected chi connectivity index (χ4v) is 8.04. The molecule has 2 aliphatic heterocycles. The highest BCUT2D eigenvalue weighted by molar-refractivity contribution is 7.91. The predicted octanol–water partition coefficient (Wildman–Crippen LogP) is 2.23. The Morgan fingerprint density at radius 1 is 1.02 bits per heavy atom. The Labute approximate surface area is 296 Å². The lowest BCUT2D eigenvalue weighted by Crippen LogP contribution is -2.58. The summed E-state index contributed by atoms with van der Waals surface area (Å²) < 4.78 is 33.1. The molecular formula is C35H45N7O8S. The summed E-state index contributed by atoms with van der Waals surface area (Å²) in [7, 11) is -3.90. The van der Waals surface area contributed by atoms with Gasteiger partial charge in [0, 0.05) is 18.5 Å². The van der Waals surface area contributed by atoms with Gasteiger partial charge in [0.1, 0.15) is 28.9 Å². The van der Waals surface area contributed by atoms with E-state index < -0.39 is 80.2 Å². The van der Waals surface area contributed by atoms with Crippen LogP contribution in [0.1, 0.15) is 89.0 Å². The number of fused-ring (bicyclic) bond motifs is 3. The SMILES string of the molecule is CC(C)(C)OC(=O)N[C@H]1CCCCC/C=C\[C@H]2C[C@@]2(C(=O)NS(=O)(=O)C2CC2)NC(=O)[C@@H]2C[C@@H](NC(=O)c3cnc4ccccc4n3)CN2C1=O. The fourth-order valence-electron chi connectivity index (χ4n) is 6.68. The van der Waals surface area contributed by atoms with E-state index in [1.807, 2.05) is 18.2 Å². The van der Waals surface area contributed by atoms with Crippen LogP contribution >= 0.6 is 0 Å². The zero-order valence-electron chi connectivity index (χ0n) is 29.0. The van der Waals surface area contributed by atoms with Gasteiger partial charge in [0.2, 0.25) is 21.8 Å². The van der Waals surface area contributed by atoms with Gasteiger partial charge in [0.05, 0.1) is 22.5 Å². The summed E-state index contributed by atoms with van der Waals surface area (Å²) >= 11 is 0. The molecule has 2 aliphatic carbocycles. The maximum atomic E-state index is 14.3. The quantitative estimate of drug-likeness (QED) is 0.320. The van der Waals surface area contributed by atoms with Crippen molar-refractivity contribution in [3.05, 3.63) is 48.3 Å². The number of rotatable bonds is 6. The molecule has 1 aromatic heterocycles. The molecule has 0 spiro atoms. The van der Waals surface area contributed by atoms with Crippen molar-refractivity contribution in [2.45, 2.75) is 113 Å². The summed E-state index contributed by atoms with van der Waals surface area (Å²) in [6.45, 7) is 5.05. The summed E-state index contributed by atoms with van der Waals surface area (Å²) in [6, 6.07) is 4.19. The lowest BCUT2D eigenvalue weighted by Gasteiger charge is -2.30. The Morgan fingerprint density at radius 2 is 1.76 bits per heavy atom. The molecule has 0 unspecified atom stereocenters. The maximum Gasteiger partial charge on any atom is 0.408 e. The van der Waals surface area contributed by atoms with Gasteiger partial charge in [-0.1, -0.05) is 37.1 Å². The number of hydrogen-bond acceptors (Lipinski definition) is 10. The van der Waals surface area contributed by atoms with E-state index in [9.17, 15) is 32.4 Å². The first-order valence-electron chi connectivity index (χ1n) is 17.5. The first-order chi connectivity index (χ1) is 24.1. The van der Waals surface area contributed by atoms with Crippen molar-refractivity contribution < 1.29 is 37.1 Å². The van der Waals surface area contributed by atoms with E-state index in [1.165, 1.54) is 11.1 Å². The Balaban J connectivity index is 1.27. The highest BCUT2D eigenvalue weighted by Crippen LogP contribution is 2.46. The van der Waals surface area contributed by atoms with Gasteiger partial charge in [-0.15, -0.1) is 0 Å². The second kappa shape index (κ2) is 14.2. The Morgan fingerprint density at radius 3 is 2.49 bits per heavy atom. The monoisotopic (exact) mass is 723 g/mol. The molecule has 3 heterocycles. The van der Waals surface area contributed by atoms with Crippen LogP contribution in [0.15, 0.2) is 42.6 Å². The van der Waals surface area contributed by atoms with Crippen molar-refractivity contribution in [3.8, 4) is 0 Å². The number of amides is 5. The van der Waals surface area contributed by atoms with Gasteiger partial charge in [-0.25, -0.2) is 18.2 Å². The number of carbonyl (C=O) groups is 5. The number of allylic oxidation sites excluding steroid dienone is 1. The third kappa shape index (κ3) is 8.48. The van der Waals surface area contributed by atoms with Crippen molar-refractivity contribution in [2.75, 3.05) is 6.54 Å². The van der Waals surface area contributed by atoms with Crippen LogP contribution < -0.4 is 20.7 Å². The van der Waals surface area contributed by atoms with Gasteiger partial charge in [-0.05, 0) is 77.8 Å². The minimum Gasteiger partial charge on any atom is -0.444 e. The molecule has 2 aromatic rings. The number of benzene rings is 1. The molecule has 274 valence electrons. The third-order valence-corrected chi connectivity index (χ3v) is 11.4. The number of hydrogen-bond donors (Lipinski definition) is 4. The smallest absolute Gasteiger partial charge is 0.408 e. The number of nitrogens with zero attached hydrogens (tertiary/aromatic N) is 3. The van der Waals surface area contributed by atoms with Gasteiger partial charge in [-0.3, -0.25) is 28.9 Å². The van der Waals surface area contributed by atoms with Crippen LogP contribution in [-0.4, -0.2) is 94.1 Å². The maximum absolute atomic E-state index is 14.3. The van der Waals surface area contributed by atoms with Crippen LogP contribution in [-0.2, 0) is 29.1 Å². The zero-order chi connectivity index (χ0) is 36.6. The first-order valence-corrected chi connectivity index (χ1v) is 19.1. The molecule has 5 atom stereocenters. The zero-order valence-corrected chi connectivity index (χ0v) is 29.8. The molecule has 5 amide bonds. The lowest BCUT2D eigenvalue weighted by atomic mass is 10.0. The normalized spacial score (nSPS) is 27.9. The number of alkyl carbamates (subject to hydrolysis) is 1. The molecule has 3 fully saturated rings. The van der Waals surface area contributed by atoms with E-state index in [4.69, 9.17) is 4.74 Å². The number of para-hydroxylation sites is 2. The summed E-state index contributed by atoms with van der Waals surface area (Å²) in [5.41, 5.74) is -1.16. The van der Waals surface area contributed by atoms with Gasteiger partial charge >= 0.3 is 6.09 Å². The summed E-state index contributed by atoms with van der Waals surface area (Å²) in [4.78, 5) is 78.4. The standard InChI is InChI=1S/C35H45N7O8S/c1-34(2,3)50-33(47)39-26-14-8-6-4-5-7-11-21-18-35(21,32(46)41-51(48,49)23-15-16-23)40-30(44)28-17-22(20-42(28)31(26)45)37-29(43)27-19-36-24-12-9-10-13-25(24)38-27/h7,9-13,19,21-23,26,28H,4-6,8,14-18,20H2,1-3H3,(H,37,43)(H,39,47)(H,40,44)(H,41,46)/b11-7-/t21-,22+,26-,28-,35+/m0/s1. The molecule has 4 N–H and O–H groups in total. The Hall–Kier alpha value is -4.60. The molecule has 2 saturated carbocycles. The summed E-state index contributed by atoms with van der Waals surface area (Å²) in [5.74, 6) is -3.03. The third-order valence-electron chi connectivity index (χ3n) is 9.59. The van der Waals surface area contributed by atoms with Crippen molar-refractivity contribution >= 4 is 50.8 Å². The van der Waals surface area contributed by atoms with E-state index in [-0.39, 0.29) is 31.5 Å². The van der Waals surface area contributed by atoms with Crippen LogP contribution in [0.4, 0.5) is 4.79 Å². The van der Waals surface area contributed by atoms with E-state index in [2.05, 4.69) is 30.6 Å². The number of nitrogens with one attached hydrogen (secondary N) is 4. The second-order valence-corrected chi connectivity index (χ2v) is 16.8. The minimum atomic E-state index is -3.90. The van der Waals surface area contributed by atoms with Crippen LogP contribution in [0.3, 0.4) is 0 Å².